The lowest BCUT2D eigenvalue weighted by Gasteiger charge is -2.28. The molecule has 0 amide bonds. The van der Waals surface area contributed by atoms with Crippen LogP contribution in [0.15, 0.2) is 29.2 Å². The van der Waals surface area contributed by atoms with Crippen molar-refractivity contribution in [1.82, 2.24) is 4.31 Å². The highest BCUT2D eigenvalue weighted by Gasteiger charge is 2.16. The van der Waals surface area contributed by atoms with Gasteiger partial charge in [0.15, 0.2) is 0 Å². The number of piperidine rings is 1. The van der Waals surface area contributed by atoms with Crippen LogP contribution < -0.4 is 0 Å². The van der Waals surface area contributed by atoms with Crippen LogP contribution in [0.5, 0.6) is 0 Å². The quantitative estimate of drug-likeness (QED) is 0.718. The standard InChI is InChI=1S/C12H16ClNS/c1-10-5-7-14(8-6-10)15-12-4-2-3-11(13)9-12/h2-4,9-10H,5-8H2,1H3. The average molecular weight is 242 g/mol. The van der Waals surface area contributed by atoms with Gasteiger partial charge in [0, 0.05) is 23.0 Å². The fraction of sp³-hybridized carbons (Fsp3) is 0.500. The molecule has 0 saturated carbocycles. The lowest BCUT2D eigenvalue weighted by atomic mass is 10.0. The first kappa shape index (κ1) is 11.3. The fourth-order valence-electron chi connectivity index (χ4n) is 1.75. The minimum Gasteiger partial charge on any atom is -0.246 e. The van der Waals surface area contributed by atoms with Gasteiger partial charge in [-0.2, -0.15) is 0 Å². The number of hydrogen-bond donors (Lipinski definition) is 0. The van der Waals surface area contributed by atoms with Crippen molar-refractivity contribution in [2.75, 3.05) is 13.1 Å². The zero-order chi connectivity index (χ0) is 10.7. The second-order valence-corrected chi connectivity index (χ2v) is 5.77. The van der Waals surface area contributed by atoms with Gasteiger partial charge in [-0.1, -0.05) is 24.6 Å². The zero-order valence-corrected chi connectivity index (χ0v) is 10.5. The first-order chi connectivity index (χ1) is 7.24. The lowest BCUT2D eigenvalue weighted by molar-refractivity contribution is 0.308. The van der Waals surface area contributed by atoms with Crippen LogP contribution in [0.3, 0.4) is 0 Å². The number of halogens is 1. The van der Waals surface area contributed by atoms with Crippen molar-refractivity contribution < 1.29 is 0 Å². The summed E-state index contributed by atoms with van der Waals surface area (Å²) < 4.78 is 2.44. The number of hydrogen-bond acceptors (Lipinski definition) is 2. The Bertz CT molecular complexity index is 321. The Hall–Kier alpha value is -0.180. The van der Waals surface area contributed by atoms with Gasteiger partial charge in [0.05, 0.1) is 0 Å². The van der Waals surface area contributed by atoms with E-state index in [4.69, 9.17) is 11.6 Å². The van der Waals surface area contributed by atoms with Crippen LogP contribution >= 0.6 is 23.5 Å². The second-order valence-electron chi connectivity index (χ2n) is 4.16. The van der Waals surface area contributed by atoms with E-state index in [9.17, 15) is 0 Å². The Kier molecular flexibility index (Phi) is 3.95. The molecule has 0 radical (unpaired) electrons. The fourth-order valence-corrected chi connectivity index (χ4v) is 3.01. The number of nitrogens with zero attached hydrogens (tertiary/aromatic N) is 1. The van der Waals surface area contributed by atoms with Gasteiger partial charge in [0.25, 0.3) is 0 Å². The average Bonchev–Trinajstić information content (AvgIpc) is 2.22. The van der Waals surface area contributed by atoms with Gasteiger partial charge < -0.3 is 0 Å². The van der Waals surface area contributed by atoms with Crippen molar-refractivity contribution in [1.29, 1.82) is 0 Å². The van der Waals surface area contributed by atoms with Crippen molar-refractivity contribution in [3.05, 3.63) is 29.3 Å². The molecule has 1 nitrogen and oxygen atoms in total. The Morgan fingerprint density at radius 1 is 1.33 bits per heavy atom. The molecule has 3 heteroatoms. The van der Waals surface area contributed by atoms with Gasteiger partial charge in [-0.05, 0) is 48.9 Å². The largest absolute Gasteiger partial charge is 0.246 e. The molecule has 2 rings (SSSR count). The molecule has 0 atom stereocenters. The van der Waals surface area contributed by atoms with E-state index >= 15 is 0 Å². The van der Waals surface area contributed by atoms with E-state index in [2.05, 4.69) is 17.3 Å². The van der Waals surface area contributed by atoms with Crippen LogP contribution in [0.4, 0.5) is 0 Å². The van der Waals surface area contributed by atoms with Crippen LogP contribution in [0, 0.1) is 5.92 Å². The maximum atomic E-state index is 5.95. The van der Waals surface area contributed by atoms with E-state index in [0.717, 1.165) is 10.9 Å². The molecule has 1 fully saturated rings. The summed E-state index contributed by atoms with van der Waals surface area (Å²) in [6, 6.07) is 8.08. The topological polar surface area (TPSA) is 3.24 Å². The Balaban J connectivity index is 1.92. The molecule has 0 aromatic heterocycles. The third kappa shape index (κ3) is 3.40. The van der Waals surface area contributed by atoms with E-state index in [1.54, 1.807) is 0 Å². The number of rotatable bonds is 2. The van der Waals surface area contributed by atoms with Gasteiger partial charge in [-0.25, -0.2) is 4.31 Å². The van der Waals surface area contributed by atoms with Crippen molar-refractivity contribution in [3.63, 3.8) is 0 Å². The van der Waals surface area contributed by atoms with Gasteiger partial charge in [0.2, 0.25) is 0 Å². The molecular weight excluding hydrogens is 226 g/mol. The summed E-state index contributed by atoms with van der Waals surface area (Å²) in [5.41, 5.74) is 0. The highest BCUT2D eigenvalue weighted by atomic mass is 35.5. The first-order valence-electron chi connectivity index (χ1n) is 5.42. The maximum absolute atomic E-state index is 5.95. The highest BCUT2D eigenvalue weighted by molar-refractivity contribution is 7.97. The predicted molar refractivity (Wildman–Crippen MR) is 67.3 cm³/mol. The van der Waals surface area contributed by atoms with Crippen molar-refractivity contribution in [2.45, 2.75) is 24.7 Å². The van der Waals surface area contributed by atoms with Crippen LogP contribution in [0.2, 0.25) is 5.02 Å². The first-order valence-corrected chi connectivity index (χ1v) is 6.57. The molecule has 1 aromatic rings. The summed E-state index contributed by atoms with van der Waals surface area (Å²) in [4.78, 5) is 1.25. The summed E-state index contributed by atoms with van der Waals surface area (Å²) in [5, 5.41) is 0.824. The number of benzene rings is 1. The molecule has 0 aliphatic carbocycles. The van der Waals surface area contributed by atoms with E-state index in [1.807, 2.05) is 30.1 Å². The molecule has 1 aromatic carbocycles. The van der Waals surface area contributed by atoms with Crippen molar-refractivity contribution in [2.24, 2.45) is 5.92 Å². The Morgan fingerprint density at radius 2 is 2.07 bits per heavy atom. The van der Waals surface area contributed by atoms with E-state index in [0.29, 0.717) is 0 Å². The molecule has 0 bridgehead atoms. The summed E-state index contributed by atoms with van der Waals surface area (Å²) in [5.74, 6) is 0.890. The van der Waals surface area contributed by atoms with Crippen LogP contribution in [-0.2, 0) is 0 Å². The highest BCUT2D eigenvalue weighted by Crippen LogP contribution is 2.29. The van der Waals surface area contributed by atoms with Gasteiger partial charge in [-0.3, -0.25) is 0 Å². The molecule has 82 valence electrons. The molecule has 15 heavy (non-hydrogen) atoms. The molecule has 0 spiro atoms. The Morgan fingerprint density at radius 3 is 2.73 bits per heavy atom. The monoisotopic (exact) mass is 241 g/mol. The Labute approximate surface area is 101 Å². The molecule has 0 unspecified atom stereocenters. The summed E-state index contributed by atoms with van der Waals surface area (Å²) >= 11 is 7.78. The zero-order valence-electron chi connectivity index (χ0n) is 8.95. The molecule has 1 aliphatic rings. The summed E-state index contributed by atoms with van der Waals surface area (Å²) in [6.07, 6.45) is 2.63. The smallest absolute Gasteiger partial charge is 0.0417 e. The minimum atomic E-state index is 0.824. The molecule has 1 heterocycles. The third-order valence-corrected chi connectivity index (χ3v) is 4.10. The predicted octanol–water partition coefficient (Wildman–Crippen LogP) is 4.08. The lowest BCUT2D eigenvalue weighted by Crippen LogP contribution is -2.27. The van der Waals surface area contributed by atoms with Crippen molar-refractivity contribution in [3.8, 4) is 0 Å². The molecular formula is C12H16ClNS. The van der Waals surface area contributed by atoms with Crippen LogP contribution in [0.25, 0.3) is 0 Å². The normalized spacial score (nSPS) is 19.3. The molecule has 1 saturated heterocycles. The van der Waals surface area contributed by atoms with Gasteiger partial charge in [-0.15, -0.1) is 0 Å². The van der Waals surface area contributed by atoms with E-state index in [1.165, 1.54) is 30.8 Å². The van der Waals surface area contributed by atoms with Crippen molar-refractivity contribution >= 4 is 23.5 Å². The SMILES string of the molecule is CC1CCN(Sc2cccc(Cl)c2)CC1. The second kappa shape index (κ2) is 5.24. The summed E-state index contributed by atoms with van der Waals surface area (Å²) in [7, 11) is 0. The summed E-state index contributed by atoms with van der Waals surface area (Å²) in [6.45, 7) is 4.72. The van der Waals surface area contributed by atoms with E-state index < -0.39 is 0 Å². The van der Waals surface area contributed by atoms with Gasteiger partial charge in [0.1, 0.15) is 0 Å². The molecule has 1 aliphatic heterocycles. The molecule has 0 N–H and O–H groups in total. The maximum Gasteiger partial charge on any atom is 0.0417 e. The van der Waals surface area contributed by atoms with Gasteiger partial charge >= 0.3 is 0 Å². The van der Waals surface area contributed by atoms with Crippen LogP contribution in [-0.4, -0.2) is 17.4 Å². The third-order valence-electron chi connectivity index (χ3n) is 2.77. The van der Waals surface area contributed by atoms with Crippen LogP contribution in [0.1, 0.15) is 19.8 Å². The minimum absolute atomic E-state index is 0.824. The van der Waals surface area contributed by atoms with E-state index in [-0.39, 0.29) is 0 Å².